The third-order valence-electron chi connectivity index (χ3n) is 3.96. The number of hydrogen-bond acceptors (Lipinski definition) is 7. The lowest BCUT2D eigenvalue weighted by Gasteiger charge is -2.37. The van der Waals surface area contributed by atoms with Crippen LogP contribution < -0.4 is 17.2 Å². The number of nitrogen functional groups attached to an aromatic ring is 2. The van der Waals surface area contributed by atoms with Crippen LogP contribution in [-0.2, 0) is 6.54 Å². The van der Waals surface area contributed by atoms with Crippen LogP contribution in [0.1, 0.15) is 31.5 Å². The molecule has 3 heterocycles. The molecule has 2 aliphatic rings. The number of aromatic nitrogens is 3. The normalized spacial score (nSPS) is 31.7. The minimum absolute atomic E-state index is 0.193. The minimum atomic E-state index is 0.193. The number of anilines is 2. The van der Waals surface area contributed by atoms with Crippen molar-refractivity contribution >= 4 is 11.9 Å². The monoisotopic (exact) mass is 249 g/mol. The summed E-state index contributed by atoms with van der Waals surface area (Å²) in [6.07, 6.45) is 4.56. The first-order valence-corrected chi connectivity index (χ1v) is 6.39. The van der Waals surface area contributed by atoms with Gasteiger partial charge in [0, 0.05) is 18.1 Å². The van der Waals surface area contributed by atoms with Gasteiger partial charge in [0.1, 0.15) is 5.82 Å². The average Bonchev–Trinajstić information content (AvgIpc) is 2.53. The zero-order chi connectivity index (χ0) is 12.7. The van der Waals surface area contributed by atoms with Gasteiger partial charge < -0.3 is 17.2 Å². The lowest BCUT2D eigenvalue weighted by atomic mass is 9.98. The molecule has 0 amide bonds. The highest BCUT2D eigenvalue weighted by molar-refractivity contribution is 5.25. The highest BCUT2D eigenvalue weighted by Crippen LogP contribution is 2.35. The first-order chi connectivity index (χ1) is 8.61. The molecule has 2 bridgehead atoms. The van der Waals surface area contributed by atoms with E-state index in [9.17, 15) is 0 Å². The van der Waals surface area contributed by atoms with E-state index in [1.165, 1.54) is 12.8 Å². The molecule has 2 fully saturated rings. The van der Waals surface area contributed by atoms with E-state index in [2.05, 4.69) is 19.9 Å². The summed E-state index contributed by atoms with van der Waals surface area (Å²) in [7, 11) is 0. The van der Waals surface area contributed by atoms with Crippen LogP contribution in [0.2, 0.25) is 0 Å². The topological polar surface area (TPSA) is 120 Å². The summed E-state index contributed by atoms with van der Waals surface area (Å²) in [5, 5.41) is 0. The summed E-state index contributed by atoms with van der Waals surface area (Å²) in [6.45, 7) is 0.693. The van der Waals surface area contributed by atoms with Crippen molar-refractivity contribution in [3.05, 3.63) is 5.82 Å². The SMILES string of the molecule is Nc1nc(N)nc(CN2C3CCC2CC(N)C3)n1. The highest BCUT2D eigenvalue weighted by Gasteiger charge is 2.39. The van der Waals surface area contributed by atoms with Gasteiger partial charge in [-0.2, -0.15) is 15.0 Å². The molecule has 0 saturated carbocycles. The number of rotatable bonds is 2. The smallest absolute Gasteiger partial charge is 0.225 e. The molecular weight excluding hydrogens is 230 g/mol. The van der Waals surface area contributed by atoms with E-state index < -0.39 is 0 Å². The summed E-state index contributed by atoms with van der Waals surface area (Å²) in [6, 6.07) is 1.45. The molecule has 0 aliphatic carbocycles. The molecule has 6 N–H and O–H groups in total. The molecule has 2 atom stereocenters. The highest BCUT2D eigenvalue weighted by atomic mass is 15.3. The average molecular weight is 249 g/mol. The van der Waals surface area contributed by atoms with Gasteiger partial charge in [0.2, 0.25) is 11.9 Å². The molecule has 0 radical (unpaired) electrons. The maximum atomic E-state index is 6.05. The van der Waals surface area contributed by atoms with Crippen molar-refractivity contribution in [1.29, 1.82) is 0 Å². The molecule has 7 heteroatoms. The van der Waals surface area contributed by atoms with Crippen molar-refractivity contribution in [3.8, 4) is 0 Å². The first-order valence-electron chi connectivity index (χ1n) is 6.39. The van der Waals surface area contributed by atoms with Crippen molar-refractivity contribution < 1.29 is 0 Å². The van der Waals surface area contributed by atoms with Gasteiger partial charge in [-0.3, -0.25) is 4.90 Å². The number of fused-ring (bicyclic) bond motifs is 2. The van der Waals surface area contributed by atoms with Gasteiger partial charge in [0.15, 0.2) is 0 Å². The fourth-order valence-corrected chi connectivity index (χ4v) is 3.27. The van der Waals surface area contributed by atoms with Gasteiger partial charge in [0.25, 0.3) is 0 Å². The zero-order valence-corrected chi connectivity index (χ0v) is 10.3. The van der Waals surface area contributed by atoms with E-state index in [0.29, 0.717) is 30.5 Å². The van der Waals surface area contributed by atoms with Crippen LogP contribution in [-0.4, -0.2) is 38.0 Å². The maximum absolute atomic E-state index is 6.05. The van der Waals surface area contributed by atoms with Crippen molar-refractivity contribution in [2.24, 2.45) is 5.73 Å². The van der Waals surface area contributed by atoms with E-state index in [0.717, 1.165) is 12.8 Å². The van der Waals surface area contributed by atoms with E-state index in [-0.39, 0.29) is 11.9 Å². The summed E-state index contributed by atoms with van der Waals surface area (Å²) in [5.74, 6) is 1.05. The second-order valence-electron chi connectivity index (χ2n) is 5.26. The Morgan fingerprint density at radius 2 is 1.56 bits per heavy atom. The van der Waals surface area contributed by atoms with Crippen LogP contribution >= 0.6 is 0 Å². The van der Waals surface area contributed by atoms with Crippen molar-refractivity contribution in [2.45, 2.75) is 50.4 Å². The molecule has 7 nitrogen and oxygen atoms in total. The molecule has 1 aromatic heterocycles. The van der Waals surface area contributed by atoms with Crippen molar-refractivity contribution in [3.63, 3.8) is 0 Å². The Balaban J connectivity index is 1.77. The Morgan fingerprint density at radius 1 is 1.00 bits per heavy atom. The van der Waals surface area contributed by atoms with Gasteiger partial charge in [0.05, 0.1) is 6.54 Å². The van der Waals surface area contributed by atoms with Crippen LogP contribution in [0.15, 0.2) is 0 Å². The van der Waals surface area contributed by atoms with Crippen molar-refractivity contribution in [1.82, 2.24) is 19.9 Å². The fourth-order valence-electron chi connectivity index (χ4n) is 3.27. The van der Waals surface area contributed by atoms with Crippen LogP contribution in [0.3, 0.4) is 0 Å². The standard InChI is InChI=1S/C11H19N7/c12-6-3-7-1-2-8(4-6)18(7)5-9-15-10(13)17-11(14)16-9/h6-8H,1-5,12H2,(H4,13,14,15,16,17). The van der Waals surface area contributed by atoms with Crippen molar-refractivity contribution in [2.75, 3.05) is 11.5 Å². The fraction of sp³-hybridized carbons (Fsp3) is 0.727. The predicted molar refractivity (Wildman–Crippen MR) is 68.2 cm³/mol. The number of hydrogen-bond donors (Lipinski definition) is 3. The summed E-state index contributed by atoms with van der Waals surface area (Å²) < 4.78 is 0. The van der Waals surface area contributed by atoms with E-state index >= 15 is 0 Å². The van der Waals surface area contributed by atoms with Crippen LogP contribution in [0.4, 0.5) is 11.9 Å². The van der Waals surface area contributed by atoms with E-state index in [1.807, 2.05) is 0 Å². The third kappa shape index (κ3) is 2.11. The molecular formula is C11H19N7. The summed E-state index contributed by atoms with van der Waals surface area (Å²) >= 11 is 0. The number of nitrogens with two attached hydrogens (primary N) is 3. The van der Waals surface area contributed by atoms with Gasteiger partial charge in [-0.25, -0.2) is 0 Å². The minimum Gasteiger partial charge on any atom is -0.368 e. The first kappa shape index (κ1) is 11.6. The Morgan fingerprint density at radius 3 is 2.11 bits per heavy atom. The second-order valence-corrected chi connectivity index (χ2v) is 5.26. The van der Waals surface area contributed by atoms with Gasteiger partial charge >= 0.3 is 0 Å². The van der Waals surface area contributed by atoms with Crippen LogP contribution in [0.25, 0.3) is 0 Å². The van der Waals surface area contributed by atoms with Crippen LogP contribution in [0.5, 0.6) is 0 Å². The Bertz CT molecular complexity index is 415. The van der Waals surface area contributed by atoms with Gasteiger partial charge in [-0.15, -0.1) is 0 Å². The lowest BCUT2D eigenvalue weighted by molar-refractivity contribution is 0.116. The number of piperidine rings is 1. The second kappa shape index (κ2) is 4.33. The molecule has 2 saturated heterocycles. The maximum Gasteiger partial charge on any atom is 0.225 e. The molecule has 2 aliphatic heterocycles. The third-order valence-corrected chi connectivity index (χ3v) is 3.96. The molecule has 18 heavy (non-hydrogen) atoms. The molecule has 1 aromatic rings. The molecule has 3 rings (SSSR count). The summed E-state index contributed by atoms with van der Waals surface area (Å²) in [5.41, 5.74) is 17.2. The van der Waals surface area contributed by atoms with Gasteiger partial charge in [-0.1, -0.05) is 0 Å². The Kier molecular flexibility index (Phi) is 2.79. The quantitative estimate of drug-likeness (QED) is 0.645. The number of nitrogens with zero attached hydrogens (tertiary/aromatic N) is 4. The molecule has 0 spiro atoms. The Labute approximate surface area is 106 Å². The van der Waals surface area contributed by atoms with Gasteiger partial charge in [-0.05, 0) is 25.7 Å². The Hall–Kier alpha value is -1.47. The van der Waals surface area contributed by atoms with Crippen LogP contribution in [0, 0.1) is 0 Å². The zero-order valence-electron chi connectivity index (χ0n) is 10.3. The lowest BCUT2D eigenvalue weighted by Crippen LogP contribution is -2.47. The molecule has 98 valence electrons. The van der Waals surface area contributed by atoms with E-state index in [4.69, 9.17) is 17.2 Å². The molecule has 2 unspecified atom stereocenters. The van der Waals surface area contributed by atoms with E-state index in [1.54, 1.807) is 0 Å². The predicted octanol–water partition coefficient (Wildman–Crippen LogP) is -0.510. The largest absolute Gasteiger partial charge is 0.368 e. The summed E-state index contributed by atoms with van der Waals surface area (Å²) in [4.78, 5) is 14.5. The molecule has 0 aromatic carbocycles.